The lowest BCUT2D eigenvalue weighted by molar-refractivity contribution is -0.205. The molecular weight excluding hydrogens is 1570 g/mol. The minimum absolute atomic E-state index is 0.0194. The van der Waals surface area contributed by atoms with Crippen LogP contribution in [0, 0.1) is 102 Å². The first-order chi connectivity index (χ1) is 55.3. The Hall–Kier alpha value is -4.05. The molecule has 0 aliphatic heterocycles. The number of nitrogens with one attached hydrogen (secondary N) is 2. The molecule has 3 unspecified atom stereocenters. The van der Waals surface area contributed by atoms with Crippen LogP contribution in [-0.2, 0) is 52.5 Å². The number of hydrogen-bond donors (Lipinski definition) is 9. The molecule has 0 saturated heterocycles. The number of carbonyl (C=O) groups is 8. The van der Waals surface area contributed by atoms with Crippen LogP contribution in [-0.4, -0.2) is 195 Å². The van der Waals surface area contributed by atoms with Gasteiger partial charge in [-0.15, -0.1) is 55.0 Å². The van der Waals surface area contributed by atoms with E-state index in [1.807, 2.05) is 68.4 Å². The zero-order valence-electron chi connectivity index (χ0n) is 75.1. The number of Topliss-reactive ketones (excluding diaryl/α,β-unsaturated/α-hetero) is 3. The first kappa shape index (κ1) is 97.2. The molecule has 12 rings (SSSR count). The topological polar surface area (TPSA) is 354 Å². The molecule has 12 aliphatic carbocycles. The minimum Gasteiger partial charge on any atom is -0.461 e. The molecule has 12 fully saturated rings. The van der Waals surface area contributed by atoms with Crippen molar-refractivity contribution in [2.24, 2.45) is 108 Å². The van der Waals surface area contributed by atoms with Crippen molar-refractivity contribution in [2.45, 2.75) is 379 Å². The van der Waals surface area contributed by atoms with Gasteiger partial charge in [-0.2, -0.15) is 0 Å². The summed E-state index contributed by atoms with van der Waals surface area (Å²) in [4.78, 5) is 105. The van der Waals surface area contributed by atoms with Gasteiger partial charge in [0, 0.05) is 103 Å². The van der Waals surface area contributed by atoms with Gasteiger partial charge in [0.15, 0.2) is 0 Å². The highest BCUT2D eigenvalue weighted by Crippen LogP contribution is 2.72. The lowest BCUT2D eigenvalue weighted by Crippen LogP contribution is -2.63. The third-order valence-electron chi connectivity index (χ3n) is 33.7. The van der Waals surface area contributed by atoms with Crippen LogP contribution in [0.15, 0.2) is 38.0 Å². The number of ketones is 3. The number of ether oxygens (including phenoxy) is 5. The summed E-state index contributed by atoms with van der Waals surface area (Å²) in [5, 5.41) is 72.4. The molecule has 0 aromatic carbocycles. The van der Waals surface area contributed by atoms with Crippen molar-refractivity contribution in [1.29, 1.82) is 0 Å². The molecule has 2 amide bonds. The summed E-state index contributed by atoms with van der Waals surface area (Å²) >= 11 is 4.22. The molecule has 674 valence electrons. The second-order valence-corrected chi connectivity index (χ2v) is 46.5. The number of esters is 3. The van der Waals surface area contributed by atoms with E-state index in [0.717, 1.165) is 70.6 Å². The van der Waals surface area contributed by atoms with Crippen molar-refractivity contribution in [2.75, 3.05) is 17.3 Å². The SMILES string of the molecule is C=C[C@]1(C)C[C@@H](OC(=O)CS[C@@H]2CC[C@@H](N)C[C@H]2O)[C@]2(C)C(C)CC[C@]3(CCC(=O)[C@H]32)[C@@H](C)[C@@H]1O.C=C[C@]1(C)C[C@@H](OC(=O)CS[C@@H]2CC[C@@H](NC(=O)OC(C)(C)C)C[C@H]2O)[C@]2(C)C(C)CC[C@]3(CCC(=O)[C@H]32)[C@@H](C)[C@@H]1O.C=C[C@]1(C)C[C@@H](OC(=O)CS[C@H]2CC[C@H](NC(=O)OC(C)(C)C)C[C@@H]2O)[C@]2(C)C(C)CC[C@]3(CCC(=O)[C@H]32)[C@@H](C)[C@@H]1O. The maximum absolute atomic E-state index is 13.6. The average molecular weight is 1720 g/mol. The van der Waals surface area contributed by atoms with E-state index in [9.17, 15) is 69.0 Å². The number of amides is 2. The molecule has 0 heterocycles. The Morgan fingerprint density at radius 1 is 0.429 bits per heavy atom. The third-order valence-corrected chi connectivity index (χ3v) is 37.9. The standard InChI is InChI=1S/2C33H53NO7S.C28H45NO5S/c2*1-9-31(7)17-25(32(8)19(2)12-14-33(20(3)28(31)38)15-13-22(35)27(32)33)40-26(37)18-42-24-11-10-21(16-23(24)36)34-29(39)41-30(4,5)6;1-6-26(4)14-22(34-23(32)15-35-21-8-7-18(29)13-20(21)31)27(5)16(2)9-11-28(17(3)25(26)33)12-10-19(30)24(27)28/h2*9,19-21,23-25,27-28,36,38H,1,10-18H2,2-8H3,(H,34,39);6,16-18,20-22,24-25,31,33H,1,7-15,29H2,2-5H3/t19?,20-,21+,23+,24+,25+,27-,28-,31+,32-,33-;19?,20-,21-,23-,24-,25+,27-,28-,31+,32-,33-;16?,17-,18+,20+,21+,22+,24-,25-,26+,27-,28-/m000/s1. The van der Waals surface area contributed by atoms with Gasteiger partial charge in [-0.3, -0.25) is 28.8 Å². The fourth-order valence-electron chi connectivity index (χ4n) is 25.8. The monoisotopic (exact) mass is 1720 g/mol. The van der Waals surface area contributed by atoms with Crippen LogP contribution < -0.4 is 16.4 Å². The fraction of sp³-hybridized carbons (Fsp3) is 0.851. The van der Waals surface area contributed by atoms with Crippen molar-refractivity contribution in [3.05, 3.63) is 38.0 Å². The number of aliphatic hydroxyl groups excluding tert-OH is 6. The van der Waals surface area contributed by atoms with Gasteiger partial charge in [-0.05, 0) is 228 Å². The van der Waals surface area contributed by atoms with Gasteiger partial charge in [-0.1, -0.05) is 101 Å². The first-order valence-corrected chi connectivity index (χ1v) is 48.2. The Balaban J connectivity index is 0.000000189. The Bertz CT molecular complexity index is 3540. The van der Waals surface area contributed by atoms with Gasteiger partial charge in [0.1, 0.15) is 46.9 Å². The number of hydrogen-bond acceptors (Lipinski definition) is 23. The summed E-state index contributed by atoms with van der Waals surface area (Å²) in [6.45, 7) is 48.4. The summed E-state index contributed by atoms with van der Waals surface area (Å²) in [6, 6.07) is -0.349. The maximum Gasteiger partial charge on any atom is 0.407 e. The second-order valence-electron chi connectivity index (χ2n) is 42.8. The van der Waals surface area contributed by atoms with Crippen LogP contribution >= 0.6 is 35.3 Å². The number of aliphatic hydroxyl groups is 6. The van der Waals surface area contributed by atoms with Gasteiger partial charge in [0.05, 0.1) is 53.9 Å². The van der Waals surface area contributed by atoms with Crippen molar-refractivity contribution >= 4 is 82.7 Å². The maximum atomic E-state index is 13.6. The van der Waals surface area contributed by atoms with E-state index in [-0.39, 0.29) is 156 Å². The zero-order valence-corrected chi connectivity index (χ0v) is 77.5. The number of carbonyl (C=O) groups excluding carboxylic acids is 8. The van der Waals surface area contributed by atoms with E-state index in [2.05, 4.69) is 92.7 Å². The summed E-state index contributed by atoms with van der Waals surface area (Å²) in [6.07, 6.45) is 15.3. The van der Waals surface area contributed by atoms with Crippen LogP contribution in [0.3, 0.4) is 0 Å². The lowest BCUT2D eigenvalue weighted by atomic mass is 9.44. The summed E-state index contributed by atoms with van der Waals surface area (Å²) < 4.78 is 29.7. The van der Waals surface area contributed by atoms with Gasteiger partial charge in [0.25, 0.3) is 0 Å². The molecule has 0 aromatic rings. The van der Waals surface area contributed by atoms with Gasteiger partial charge in [-0.25, -0.2) is 9.59 Å². The second kappa shape index (κ2) is 37.1. The zero-order chi connectivity index (χ0) is 88.3. The molecule has 119 heavy (non-hydrogen) atoms. The van der Waals surface area contributed by atoms with Gasteiger partial charge in [0.2, 0.25) is 0 Å². The fourth-order valence-corrected chi connectivity index (χ4v) is 29.0. The molecule has 22 nitrogen and oxygen atoms in total. The molecule has 0 spiro atoms. The normalized spacial score (nSPS) is 45.7. The summed E-state index contributed by atoms with van der Waals surface area (Å²) in [7, 11) is 0. The minimum atomic E-state index is -0.698. The van der Waals surface area contributed by atoms with E-state index in [4.69, 9.17) is 29.4 Å². The molecule has 0 aromatic heterocycles. The van der Waals surface area contributed by atoms with Crippen molar-refractivity contribution in [3.8, 4) is 0 Å². The van der Waals surface area contributed by atoms with Crippen molar-refractivity contribution in [3.63, 3.8) is 0 Å². The number of thioether (sulfide) groups is 3. The highest BCUT2D eigenvalue weighted by atomic mass is 32.2. The Kier molecular flexibility index (Phi) is 30.3. The third kappa shape index (κ3) is 19.3. The van der Waals surface area contributed by atoms with E-state index < -0.39 is 111 Å². The van der Waals surface area contributed by atoms with Crippen LogP contribution in [0.2, 0.25) is 0 Å². The number of nitrogens with two attached hydrogens (primary N) is 1. The largest absolute Gasteiger partial charge is 0.461 e. The van der Waals surface area contributed by atoms with E-state index in [0.29, 0.717) is 83.5 Å². The van der Waals surface area contributed by atoms with E-state index in [1.165, 1.54) is 35.3 Å². The molecule has 12 aliphatic rings. The molecule has 6 bridgehead atoms. The van der Waals surface area contributed by atoms with Crippen LogP contribution in [0.25, 0.3) is 0 Å². The Morgan fingerprint density at radius 3 is 0.950 bits per heavy atom. The van der Waals surface area contributed by atoms with Crippen LogP contribution in [0.1, 0.15) is 279 Å². The smallest absolute Gasteiger partial charge is 0.407 e. The predicted octanol–water partition coefficient (Wildman–Crippen LogP) is 14.7. The van der Waals surface area contributed by atoms with E-state index >= 15 is 0 Å². The highest BCUT2D eigenvalue weighted by molar-refractivity contribution is 8.01. The van der Waals surface area contributed by atoms with Crippen LogP contribution in [0.5, 0.6) is 0 Å². The quantitative estimate of drug-likeness (QED) is 0.0371. The molecule has 25 heteroatoms. The van der Waals surface area contributed by atoms with Gasteiger partial charge >= 0.3 is 30.1 Å². The predicted molar refractivity (Wildman–Crippen MR) is 467 cm³/mol. The Labute approximate surface area is 723 Å². The van der Waals surface area contributed by atoms with E-state index in [1.54, 1.807) is 12.2 Å². The molecule has 12 saturated carbocycles. The number of rotatable bonds is 17. The molecule has 0 radical (unpaired) electrons. The van der Waals surface area contributed by atoms with Gasteiger partial charge < -0.3 is 70.7 Å². The molecule has 10 N–H and O–H groups in total. The van der Waals surface area contributed by atoms with Crippen molar-refractivity contribution in [1.82, 2.24) is 10.6 Å². The van der Waals surface area contributed by atoms with Crippen LogP contribution in [0.4, 0.5) is 9.59 Å². The highest BCUT2D eigenvalue weighted by Gasteiger charge is 2.72. The average Bonchev–Trinajstić information content (AvgIpc) is 1.62. The Morgan fingerprint density at radius 2 is 0.697 bits per heavy atom. The summed E-state index contributed by atoms with van der Waals surface area (Å²) in [5.74, 6) is -0.335. The summed E-state index contributed by atoms with van der Waals surface area (Å²) in [5.41, 5.74) is 0.332. The number of alkyl carbamates (subject to hydrolysis) is 2. The van der Waals surface area contributed by atoms with Crippen molar-refractivity contribution < 1.29 is 92.7 Å². The lowest BCUT2D eigenvalue weighted by Gasteiger charge is -2.61. The molecular formula is C94H151N3O19S3. The molecule has 33 atom stereocenters. The first-order valence-electron chi connectivity index (χ1n) is 45.1.